The lowest BCUT2D eigenvalue weighted by Crippen LogP contribution is -2.29. The van der Waals surface area contributed by atoms with Gasteiger partial charge < -0.3 is 20.1 Å². The van der Waals surface area contributed by atoms with Crippen molar-refractivity contribution in [2.45, 2.75) is 13.1 Å². The van der Waals surface area contributed by atoms with Gasteiger partial charge in [-0.15, -0.1) is 0 Å². The third-order valence-corrected chi connectivity index (χ3v) is 3.19. The average Bonchev–Trinajstić information content (AvgIpc) is 2.62. The average molecular weight is 382 g/mol. The number of hydrogen-bond donors (Lipinski definition) is 2. The van der Waals surface area contributed by atoms with Crippen LogP contribution in [0.15, 0.2) is 48.5 Å². The fourth-order valence-electron chi connectivity index (χ4n) is 1.98. The van der Waals surface area contributed by atoms with E-state index < -0.39 is 18.0 Å². The van der Waals surface area contributed by atoms with Crippen LogP contribution in [-0.4, -0.2) is 31.2 Å². The summed E-state index contributed by atoms with van der Waals surface area (Å²) in [6.45, 7) is 2.16. The summed E-state index contributed by atoms with van der Waals surface area (Å²) >= 11 is 0. The SMILES string of the molecule is CCOc1ccc(OCC(=O)Nc2ccc(NC(=O)C(F)(F)F)cc2)cc1. The summed E-state index contributed by atoms with van der Waals surface area (Å²) in [7, 11) is 0. The van der Waals surface area contributed by atoms with Gasteiger partial charge in [0.1, 0.15) is 11.5 Å². The maximum Gasteiger partial charge on any atom is 0.471 e. The van der Waals surface area contributed by atoms with Gasteiger partial charge in [-0.2, -0.15) is 13.2 Å². The number of benzene rings is 2. The van der Waals surface area contributed by atoms with E-state index >= 15 is 0 Å². The van der Waals surface area contributed by atoms with Crippen LogP contribution in [0.3, 0.4) is 0 Å². The summed E-state index contributed by atoms with van der Waals surface area (Å²) in [4.78, 5) is 22.7. The molecule has 0 aliphatic rings. The zero-order valence-corrected chi connectivity index (χ0v) is 14.3. The molecule has 2 aromatic carbocycles. The number of anilines is 2. The molecule has 144 valence electrons. The third kappa shape index (κ3) is 6.53. The molecule has 0 fully saturated rings. The van der Waals surface area contributed by atoms with E-state index in [1.165, 1.54) is 24.3 Å². The van der Waals surface area contributed by atoms with E-state index in [9.17, 15) is 22.8 Å². The molecular formula is C18H17F3N2O4. The van der Waals surface area contributed by atoms with Crippen molar-refractivity contribution in [3.8, 4) is 11.5 Å². The second-order valence-corrected chi connectivity index (χ2v) is 5.27. The summed E-state index contributed by atoms with van der Waals surface area (Å²) in [5, 5.41) is 4.24. The first-order valence-corrected chi connectivity index (χ1v) is 7.91. The monoisotopic (exact) mass is 382 g/mol. The molecular weight excluding hydrogens is 365 g/mol. The van der Waals surface area contributed by atoms with Gasteiger partial charge in [0.15, 0.2) is 6.61 Å². The van der Waals surface area contributed by atoms with Gasteiger partial charge in [-0.1, -0.05) is 0 Å². The van der Waals surface area contributed by atoms with Gasteiger partial charge >= 0.3 is 12.1 Å². The first kappa shape index (κ1) is 20.1. The van der Waals surface area contributed by atoms with Gasteiger partial charge in [0.25, 0.3) is 5.91 Å². The van der Waals surface area contributed by atoms with Crippen molar-refractivity contribution in [1.82, 2.24) is 0 Å². The Bertz CT molecular complexity index is 775. The largest absolute Gasteiger partial charge is 0.494 e. The topological polar surface area (TPSA) is 76.7 Å². The van der Waals surface area contributed by atoms with Crippen molar-refractivity contribution in [2.24, 2.45) is 0 Å². The smallest absolute Gasteiger partial charge is 0.471 e. The number of ether oxygens (including phenoxy) is 2. The lowest BCUT2D eigenvalue weighted by Gasteiger charge is -2.10. The summed E-state index contributed by atoms with van der Waals surface area (Å²) in [6.07, 6.45) is -4.97. The maximum atomic E-state index is 12.2. The van der Waals surface area contributed by atoms with Gasteiger partial charge in [0.05, 0.1) is 6.61 Å². The second kappa shape index (κ2) is 8.93. The molecule has 2 N–H and O–H groups in total. The molecule has 2 rings (SSSR count). The minimum atomic E-state index is -4.97. The van der Waals surface area contributed by atoms with E-state index in [2.05, 4.69) is 5.32 Å². The Kier molecular flexibility index (Phi) is 6.64. The Balaban J connectivity index is 1.82. The molecule has 6 nitrogen and oxygen atoms in total. The summed E-state index contributed by atoms with van der Waals surface area (Å²) < 4.78 is 47.2. The number of halogens is 3. The number of carbonyl (C=O) groups is 2. The summed E-state index contributed by atoms with van der Waals surface area (Å²) in [6, 6.07) is 12.0. The predicted molar refractivity (Wildman–Crippen MR) is 92.9 cm³/mol. The highest BCUT2D eigenvalue weighted by Crippen LogP contribution is 2.20. The molecule has 0 aliphatic carbocycles. The van der Waals surface area contributed by atoms with Gasteiger partial charge in [0, 0.05) is 11.4 Å². The highest BCUT2D eigenvalue weighted by molar-refractivity contribution is 5.95. The molecule has 2 amide bonds. The molecule has 0 aromatic heterocycles. The molecule has 0 atom stereocenters. The maximum absolute atomic E-state index is 12.2. The molecule has 0 radical (unpaired) electrons. The van der Waals surface area contributed by atoms with Crippen LogP contribution >= 0.6 is 0 Å². The van der Waals surface area contributed by atoms with Gasteiger partial charge in [0.2, 0.25) is 0 Å². The standard InChI is InChI=1S/C18H17F3N2O4/c1-2-26-14-7-9-15(10-8-14)27-11-16(24)22-12-3-5-13(6-4-12)23-17(25)18(19,20)21/h3-10H,2,11H2,1H3,(H,22,24)(H,23,25). The molecule has 2 aromatic rings. The van der Waals surface area contributed by atoms with Crippen molar-refractivity contribution in [1.29, 1.82) is 0 Å². The zero-order valence-electron chi connectivity index (χ0n) is 14.3. The molecule has 0 spiro atoms. The molecule has 9 heteroatoms. The number of carbonyl (C=O) groups excluding carboxylic acids is 2. The Morgan fingerprint density at radius 1 is 0.852 bits per heavy atom. The molecule has 0 unspecified atom stereocenters. The molecule has 0 saturated carbocycles. The van der Waals surface area contributed by atoms with Crippen molar-refractivity contribution in [2.75, 3.05) is 23.8 Å². The Hall–Kier alpha value is -3.23. The first-order chi connectivity index (χ1) is 12.8. The number of hydrogen-bond acceptors (Lipinski definition) is 4. The van der Waals surface area contributed by atoms with Crippen LogP contribution in [0, 0.1) is 0 Å². The number of alkyl halides is 3. The van der Waals surface area contributed by atoms with Crippen LogP contribution in [-0.2, 0) is 9.59 Å². The van der Waals surface area contributed by atoms with Crippen molar-refractivity contribution in [3.05, 3.63) is 48.5 Å². The van der Waals surface area contributed by atoms with E-state index in [1.54, 1.807) is 29.6 Å². The summed E-state index contributed by atoms with van der Waals surface area (Å²) in [5.74, 6) is -1.34. The second-order valence-electron chi connectivity index (χ2n) is 5.27. The van der Waals surface area contributed by atoms with Crippen LogP contribution in [0.5, 0.6) is 11.5 Å². The van der Waals surface area contributed by atoms with Crippen LogP contribution in [0.25, 0.3) is 0 Å². The third-order valence-electron chi connectivity index (χ3n) is 3.19. The molecule has 0 heterocycles. The van der Waals surface area contributed by atoms with Crippen LogP contribution in [0.4, 0.5) is 24.5 Å². The zero-order chi connectivity index (χ0) is 19.9. The van der Waals surface area contributed by atoms with E-state index in [1.807, 2.05) is 6.92 Å². The van der Waals surface area contributed by atoms with E-state index in [4.69, 9.17) is 9.47 Å². The Morgan fingerprint density at radius 3 is 1.81 bits per heavy atom. The van der Waals surface area contributed by atoms with Crippen LogP contribution < -0.4 is 20.1 Å². The number of rotatable bonds is 7. The normalized spacial score (nSPS) is 10.8. The highest BCUT2D eigenvalue weighted by Gasteiger charge is 2.38. The first-order valence-electron chi connectivity index (χ1n) is 7.91. The van der Waals surface area contributed by atoms with E-state index in [0.717, 1.165) is 0 Å². The summed E-state index contributed by atoms with van der Waals surface area (Å²) in [5.41, 5.74) is 0.307. The quantitative estimate of drug-likeness (QED) is 0.767. The van der Waals surface area contributed by atoms with Crippen molar-refractivity contribution >= 4 is 23.2 Å². The van der Waals surface area contributed by atoms with Crippen LogP contribution in [0.1, 0.15) is 6.92 Å². The molecule has 27 heavy (non-hydrogen) atoms. The molecule has 0 bridgehead atoms. The highest BCUT2D eigenvalue weighted by atomic mass is 19.4. The fourth-order valence-corrected chi connectivity index (χ4v) is 1.98. The predicted octanol–water partition coefficient (Wildman–Crippen LogP) is 3.60. The van der Waals surface area contributed by atoms with Crippen LogP contribution in [0.2, 0.25) is 0 Å². The van der Waals surface area contributed by atoms with Crippen molar-refractivity contribution in [3.63, 3.8) is 0 Å². The molecule has 0 aliphatic heterocycles. The molecule has 0 saturated heterocycles. The van der Waals surface area contributed by atoms with Gasteiger partial charge in [-0.3, -0.25) is 9.59 Å². The number of amides is 2. The van der Waals surface area contributed by atoms with E-state index in [-0.39, 0.29) is 12.3 Å². The van der Waals surface area contributed by atoms with Gasteiger partial charge in [-0.05, 0) is 55.5 Å². The lowest BCUT2D eigenvalue weighted by atomic mass is 10.2. The fraction of sp³-hybridized carbons (Fsp3) is 0.222. The van der Waals surface area contributed by atoms with Crippen molar-refractivity contribution < 1.29 is 32.2 Å². The minimum Gasteiger partial charge on any atom is -0.494 e. The van der Waals surface area contributed by atoms with E-state index in [0.29, 0.717) is 23.8 Å². The lowest BCUT2D eigenvalue weighted by molar-refractivity contribution is -0.167. The van der Waals surface area contributed by atoms with Gasteiger partial charge in [-0.25, -0.2) is 0 Å². The Morgan fingerprint density at radius 2 is 1.33 bits per heavy atom. The number of nitrogens with one attached hydrogen (secondary N) is 2. The Labute approximate surface area is 153 Å². The minimum absolute atomic E-state index is 0.0408.